The number of fused-ring (bicyclic) bond motifs is 2. The van der Waals surface area contributed by atoms with Crippen molar-refractivity contribution in [2.75, 3.05) is 5.32 Å². The summed E-state index contributed by atoms with van der Waals surface area (Å²) in [5.41, 5.74) is 4.58. The minimum Gasteiger partial charge on any atom is -0.338 e. The molecule has 35 heavy (non-hydrogen) atoms. The summed E-state index contributed by atoms with van der Waals surface area (Å²) in [6.07, 6.45) is 7.31. The van der Waals surface area contributed by atoms with Crippen LogP contribution in [0.25, 0.3) is 33.1 Å². The van der Waals surface area contributed by atoms with Crippen LogP contribution in [0.2, 0.25) is 0 Å². The van der Waals surface area contributed by atoms with E-state index >= 15 is 0 Å². The maximum atomic E-state index is 4.54. The molecule has 0 radical (unpaired) electrons. The molecule has 4 aromatic heterocycles. The highest BCUT2D eigenvalue weighted by molar-refractivity contribution is 7.99. The van der Waals surface area contributed by atoms with Crippen molar-refractivity contribution in [1.82, 2.24) is 25.1 Å². The summed E-state index contributed by atoms with van der Waals surface area (Å²) in [6, 6.07) is 24.4. The molecule has 7 heteroatoms. The van der Waals surface area contributed by atoms with E-state index in [4.69, 9.17) is 0 Å². The lowest BCUT2D eigenvalue weighted by atomic mass is 10.1. The first-order chi connectivity index (χ1) is 17.2. The lowest BCUT2D eigenvalue weighted by Crippen LogP contribution is -2.00. The zero-order valence-electron chi connectivity index (χ0n) is 18.9. The Labute approximate surface area is 206 Å². The Kier molecular flexibility index (Phi) is 5.52. The number of aryl methyl sites for hydroxylation is 1. The van der Waals surface area contributed by atoms with Gasteiger partial charge in [-0.2, -0.15) is 0 Å². The van der Waals surface area contributed by atoms with Crippen molar-refractivity contribution in [2.45, 2.75) is 16.7 Å². The first-order valence-corrected chi connectivity index (χ1v) is 12.0. The Bertz CT molecular complexity index is 1640. The SMILES string of the molecule is Cc1ccc(-c2nnc(Nc3ccc(Sc4ccnc5ccncc45)cc3)c3ccccc23)nc1. The molecule has 0 atom stereocenters. The second-order valence-electron chi connectivity index (χ2n) is 8.12. The lowest BCUT2D eigenvalue weighted by molar-refractivity contribution is 1.05. The van der Waals surface area contributed by atoms with Gasteiger partial charge in [0.2, 0.25) is 0 Å². The third kappa shape index (κ3) is 4.29. The molecule has 0 unspecified atom stereocenters. The largest absolute Gasteiger partial charge is 0.338 e. The van der Waals surface area contributed by atoms with Gasteiger partial charge in [-0.3, -0.25) is 15.0 Å². The Morgan fingerprint density at radius 2 is 1.57 bits per heavy atom. The highest BCUT2D eigenvalue weighted by Crippen LogP contribution is 2.34. The van der Waals surface area contributed by atoms with Gasteiger partial charge in [-0.1, -0.05) is 42.1 Å². The van der Waals surface area contributed by atoms with Crippen LogP contribution in [0.4, 0.5) is 11.5 Å². The number of hydrogen-bond donors (Lipinski definition) is 1. The molecular formula is C28H20N6S. The van der Waals surface area contributed by atoms with Crippen LogP contribution in [0.15, 0.2) is 107 Å². The van der Waals surface area contributed by atoms with Crippen molar-refractivity contribution in [2.24, 2.45) is 0 Å². The molecule has 0 amide bonds. The normalized spacial score (nSPS) is 11.1. The molecule has 0 saturated heterocycles. The van der Waals surface area contributed by atoms with Crippen molar-refractivity contribution < 1.29 is 0 Å². The zero-order chi connectivity index (χ0) is 23.6. The molecule has 0 saturated carbocycles. The van der Waals surface area contributed by atoms with E-state index in [0.29, 0.717) is 5.82 Å². The van der Waals surface area contributed by atoms with E-state index in [0.717, 1.165) is 54.1 Å². The van der Waals surface area contributed by atoms with Crippen molar-refractivity contribution in [3.8, 4) is 11.4 Å². The predicted molar refractivity (Wildman–Crippen MR) is 141 cm³/mol. The molecule has 0 aliphatic rings. The number of anilines is 2. The van der Waals surface area contributed by atoms with Crippen LogP contribution < -0.4 is 5.32 Å². The van der Waals surface area contributed by atoms with Gasteiger partial charge in [-0.05, 0) is 55.0 Å². The smallest absolute Gasteiger partial charge is 0.161 e. The zero-order valence-corrected chi connectivity index (χ0v) is 19.7. The second kappa shape index (κ2) is 9.12. The van der Waals surface area contributed by atoms with Crippen LogP contribution in [0.5, 0.6) is 0 Å². The van der Waals surface area contributed by atoms with E-state index in [-0.39, 0.29) is 0 Å². The minimum absolute atomic E-state index is 0.711. The fraction of sp³-hybridized carbons (Fsp3) is 0.0357. The molecule has 0 bridgehead atoms. The molecule has 6 nitrogen and oxygen atoms in total. The van der Waals surface area contributed by atoms with E-state index in [9.17, 15) is 0 Å². The van der Waals surface area contributed by atoms with Gasteiger partial charge in [0.15, 0.2) is 5.82 Å². The lowest BCUT2D eigenvalue weighted by Gasteiger charge is -2.11. The fourth-order valence-corrected chi connectivity index (χ4v) is 4.84. The number of rotatable bonds is 5. The molecular weight excluding hydrogens is 452 g/mol. The molecule has 0 aliphatic heterocycles. The fourth-order valence-electron chi connectivity index (χ4n) is 3.92. The molecule has 2 aromatic carbocycles. The summed E-state index contributed by atoms with van der Waals surface area (Å²) >= 11 is 1.69. The maximum Gasteiger partial charge on any atom is 0.161 e. The molecule has 6 aromatic rings. The number of benzene rings is 2. The third-order valence-electron chi connectivity index (χ3n) is 5.69. The molecule has 1 N–H and O–H groups in total. The van der Waals surface area contributed by atoms with E-state index in [1.54, 1.807) is 18.0 Å². The van der Waals surface area contributed by atoms with E-state index in [1.165, 1.54) is 0 Å². The number of pyridine rings is 3. The predicted octanol–water partition coefficient (Wildman–Crippen LogP) is 6.84. The highest BCUT2D eigenvalue weighted by Gasteiger charge is 2.12. The standard InChI is InChI=1S/C28H20N6S/c1-18-6-11-25(31-16-18)27-21-4-2-3-5-22(21)28(34-33-27)32-19-7-9-20(10-8-19)35-26-13-15-30-24-12-14-29-17-23(24)26/h2-17H,1H3,(H,32,34). The average molecular weight is 473 g/mol. The van der Waals surface area contributed by atoms with Gasteiger partial charge in [0, 0.05) is 56.4 Å². The van der Waals surface area contributed by atoms with Gasteiger partial charge in [0.1, 0.15) is 5.69 Å². The van der Waals surface area contributed by atoms with Crippen molar-refractivity contribution in [3.05, 3.63) is 103 Å². The minimum atomic E-state index is 0.711. The molecule has 168 valence electrons. The van der Waals surface area contributed by atoms with E-state index < -0.39 is 0 Å². The summed E-state index contributed by atoms with van der Waals surface area (Å²) in [5, 5.41) is 15.5. The first kappa shape index (κ1) is 21.2. The van der Waals surface area contributed by atoms with Crippen molar-refractivity contribution in [3.63, 3.8) is 0 Å². The molecule has 4 heterocycles. The summed E-state index contributed by atoms with van der Waals surface area (Å²) in [6.45, 7) is 2.02. The van der Waals surface area contributed by atoms with Crippen LogP contribution in [0.1, 0.15) is 5.56 Å². The van der Waals surface area contributed by atoms with Gasteiger partial charge in [0.25, 0.3) is 0 Å². The number of nitrogens with zero attached hydrogens (tertiary/aromatic N) is 5. The van der Waals surface area contributed by atoms with E-state index in [2.05, 4.69) is 66.9 Å². The van der Waals surface area contributed by atoms with Crippen LogP contribution in [-0.4, -0.2) is 25.1 Å². The Morgan fingerprint density at radius 1 is 0.714 bits per heavy atom. The Hall–Kier alpha value is -4.36. The van der Waals surface area contributed by atoms with Gasteiger partial charge in [-0.15, -0.1) is 10.2 Å². The topological polar surface area (TPSA) is 76.5 Å². The highest BCUT2D eigenvalue weighted by atomic mass is 32.2. The summed E-state index contributed by atoms with van der Waals surface area (Å²) in [5.74, 6) is 0.711. The summed E-state index contributed by atoms with van der Waals surface area (Å²) in [4.78, 5) is 15.5. The van der Waals surface area contributed by atoms with Crippen LogP contribution in [0, 0.1) is 6.92 Å². The molecule has 0 aliphatic carbocycles. The van der Waals surface area contributed by atoms with Crippen molar-refractivity contribution in [1.29, 1.82) is 0 Å². The van der Waals surface area contributed by atoms with E-state index in [1.807, 2.05) is 61.9 Å². The first-order valence-electron chi connectivity index (χ1n) is 11.2. The Morgan fingerprint density at radius 3 is 2.40 bits per heavy atom. The third-order valence-corrected chi connectivity index (χ3v) is 6.77. The van der Waals surface area contributed by atoms with Gasteiger partial charge in [-0.25, -0.2) is 0 Å². The number of nitrogens with one attached hydrogen (secondary N) is 1. The average Bonchev–Trinajstić information content (AvgIpc) is 2.91. The summed E-state index contributed by atoms with van der Waals surface area (Å²) < 4.78 is 0. The van der Waals surface area contributed by atoms with Crippen LogP contribution in [0.3, 0.4) is 0 Å². The number of hydrogen-bond acceptors (Lipinski definition) is 7. The van der Waals surface area contributed by atoms with Gasteiger partial charge in [0.05, 0.1) is 11.2 Å². The molecule has 6 rings (SSSR count). The van der Waals surface area contributed by atoms with Crippen LogP contribution in [-0.2, 0) is 0 Å². The monoisotopic (exact) mass is 472 g/mol. The Balaban J connectivity index is 1.28. The number of aromatic nitrogens is 5. The second-order valence-corrected chi connectivity index (χ2v) is 9.23. The molecule has 0 fully saturated rings. The van der Waals surface area contributed by atoms with Gasteiger partial charge >= 0.3 is 0 Å². The van der Waals surface area contributed by atoms with Crippen LogP contribution >= 0.6 is 11.8 Å². The van der Waals surface area contributed by atoms with Crippen molar-refractivity contribution >= 4 is 44.9 Å². The maximum absolute atomic E-state index is 4.54. The quantitative estimate of drug-likeness (QED) is 0.294. The molecule has 0 spiro atoms. The van der Waals surface area contributed by atoms with Gasteiger partial charge < -0.3 is 5.32 Å². The summed E-state index contributed by atoms with van der Waals surface area (Å²) in [7, 11) is 0.